The van der Waals surface area contributed by atoms with E-state index in [1.54, 1.807) is 0 Å². The van der Waals surface area contributed by atoms with E-state index in [9.17, 15) is 14.4 Å². The Morgan fingerprint density at radius 1 is 1.14 bits per heavy atom. The van der Waals surface area contributed by atoms with Gasteiger partial charge in [0.25, 0.3) is 5.91 Å². The van der Waals surface area contributed by atoms with Crippen LogP contribution in [-0.2, 0) is 9.59 Å². The Hall–Kier alpha value is -2.77. The zero-order chi connectivity index (χ0) is 16.0. The number of hydrogen-bond donors (Lipinski definition) is 3. The molecule has 1 rings (SSSR count). The summed E-state index contributed by atoms with van der Waals surface area (Å²) in [6, 6.07) is 2.76. The quantitative estimate of drug-likeness (QED) is 0.664. The Kier molecular flexibility index (Phi) is 5.53. The molecule has 21 heavy (non-hydrogen) atoms. The van der Waals surface area contributed by atoms with Crippen molar-refractivity contribution in [2.75, 3.05) is 14.2 Å². The molecule has 1 atom stereocenters. The molecular formula is C13H15NO7. The summed E-state index contributed by atoms with van der Waals surface area (Å²) in [5.74, 6) is -2.75. The van der Waals surface area contributed by atoms with E-state index < -0.39 is 30.3 Å². The molecule has 0 aliphatic rings. The molecule has 0 aliphatic carbocycles. The number of carbonyl (C=O) groups excluding carboxylic acids is 1. The number of carboxylic acids is 2. The van der Waals surface area contributed by atoms with Gasteiger partial charge >= 0.3 is 11.9 Å². The van der Waals surface area contributed by atoms with Crippen molar-refractivity contribution < 1.29 is 34.1 Å². The molecule has 0 radical (unpaired) electrons. The van der Waals surface area contributed by atoms with Gasteiger partial charge in [0.05, 0.1) is 20.6 Å². The number of amides is 1. The molecule has 0 spiro atoms. The van der Waals surface area contributed by atoms with E-state index in [0.29, 0.717) is 11.5 Å². The fourth-order valence-corrected chi connectivity index (χ4v) is 1.59. The third-order valence-electron chi connectivity index (χ3n) is 2.63. The first-order valence-corrected chi connectivity index (χ1v) is 5.86. The summed E-state index contributed by atoms with van der Waals surface area (Å²) in [4.78, 5) is 33.4. The average Bonchev–Trinajstić information content (AvgIpc) is 2.45. The Bertz CT molecular complexity index is 555. The predicted octanol–water partition coefficient (Wildman–Crippen LogP) is 0.361. The van der Waals surface area contributed by atoms with Crippen molar-refractivity contribution in [1.82, 2.24) is 5.32 Å². The van der Waals surface area contributed by atoms with Gasteiger partial charge in [-0.1, -0.05) is 0 Å². The number of methoxy groups -OCH3 is 2. The lowest BCUT2D eigenvalue weighted by molar-refractivity contribution is -0.145. The molecule has 8 nitrogen and oxygen atoms in total. The molecule has 1 unspecified atom stereocenters. The third kappa shape index (κ3) is 4.37. The zero-order valence-corrected chi connectivity index (χ0v) is 11.5. The molecular weight excluding hydrogens is 282 g/mol. The standard InChI is InChI=1S/C13H15NO7/c1-20-9-4-3-7(5-10(9)21-2)12(17)14-8(13(18)19)6-11(15)16/h3-5,8H,6H2,1-2H3,(H,14,17)(H,15,16)(H,18,19). The highest BCUT2D eigenvalue weighted by Gasteiger charge is 2.24. The van der Waals surface area contributed by atoms with E-state index in [0.717, 1.165) is 0 Å². The number of nitrogens with one attached hydrogen (secondary N) is 1. The van der Waals surface area contributed by atoms with Crippen molar-refractivity contribution in [3.8, 4) is 11.5 Å². The van der Waals surface area contributed by atoms with Crippen LogP contribution in [0.25, 0.3) is 0 Å². The fraction of sp³-hybridized carbons (Fsp3) is 0.308. The number of ether oxygens (including phenoxy) is 2. The lowest BCUT2D eigenvalue weighted by atomic mass is 10.1. The van der Waals surface area contributed by atoms with Gasteiger partial charge in [0.1, 0.15) is 6.04 Å². The first-order chi connectivity index (χ1) is 9.88. The maximum atomic E-state index is 11.9. The molecule has 114 valence electrons. The van der Waals surface area contributed by atoms with Gasteiger partial charge in [0.2, 0.25) is 0 Å². The van der Waals surface area contributed by atoms with E-state index in [1.807, 2.05) is 0 Å². The Labute approximate surface area is 120 Å². The summed E-state index contributed by atoms with van der Waals surface area (Å²) in [5, 5.41) is 19.6. The van der Waals surface area contributed by atoms with Gasteiger partial charge in [-0.05, 0) is 18.2 Å². The van der Waals surface area contributed by atoms with Crippen LogP contribution in [0.2, 0.25) is 0 Å². The van der Waals surface area contributed by atoms with Crippen LogP contribution in [0.3, 0.4) is 0 Å². The van der Waals surface area contributed by atoms with Crippen molar-refractivity contribution in [2.24, 2.45) is 0 Å². The average molecular weight is 297 g/mol. The molecule has 0 saturated carbocycles. The number of hydrogen-bond acceptors (Lipinski definition) is 5. The highest BCUT2D eigenvalue weighted by atomic mass is 16.5. The van der Waals surface area contributed by atoms with E-state index in [2.05, 4.69) is 5.32 Å². The smallest absolute Gasteiger partial charge is 0.326 e. The van der Waals surface area contributed by atoms with Gasteiger partial charge in [-0.15, -0.1) is 0 Å². The summed E-state index contributed by atoms with van der Waals surface area (Å²) in [7, 11) is 2.83. The Morgan fingerprint density at radius 3 is 2.24 bits per heavy atom. The normalized spacial score (nSPS) is 11.3. The number of carbonyl (C=O) groups is 3. The van der Waals surface area contributed by atoms with Crippen LogP contribution in [0.15, 0.2) is 18.2 Å². The van der Waals surface area contributed by atoms with Gasteiger partial charge in [0.15, 0.2) is 11.5 Å². The number of aliphatic carboxylic acids is 2. The van der Waals surface area contributed by atoms with Crippen LogP contribution in [0.5, 0.6) is 11.5 Å². The Morgan fingerprint density at radius 2 is 1.76 bits per heavy atom. The second-order valence-corrected chi connectivity index (χ2v) is 4.03. The summed E-state index contributed by atoms with van der Waals surface area (Å²) in [6.45, 7) is 0. The molecule has 0 aromatic heterocycles. The van der Waals surface area contributed by atoms with Gasteiger partial charge in [0, 0.05) is 5.56 Å². The number of rotatable bonds is 7. The highest BCUT2D eigenvalue weighted by Crippen LogP contribution is 2.27. The molecule has 0 fully saturated rings. The molecule has 1 aromatic carbocycles. The summed E-state index contributed by atoms with van der Waals surface area (Å²) < 4.78 is 10.0. The lowest BCUT2D eigenvalue weighted by Crippen LogP contribution is -2.42. The summed E-state index contributed by atoms with van der Waals surface area (Å²) >= 11 is 0. The topological polar surface area (TPSA) is 122 Å². The maximum absolute atomic E-state index is 11.9. The van der Waals surface area contributed by atoms with Gasteiger partial charge in [-0.25, -0.2) is 4.79 Å². The first kappa shape index (κ1) is 16.3. The van der Waals surface area contributed by atoms with Crippen LogP contribution in [-0.4, -0.2) is 48.3 Å². The minimum Gasteiger partial charge on any atom is -0.493 e. The molecule has 1 amide bonds. The first-order valence-electron chi connectivity index (χ1n) is 5.86. The van der Waals surface area contributed by atoms with E-state index in [-0.39, 0.29) is 5.56 Å². The van der Waals surface area contributed by atoms with Crippen LogP contribution in [0.4, 0.5) is 0 Å². The Balaban J connectivity index is 2.92. The zero-order valence-electron chi connectivity index (χ0n) is 11.5. The lowest BCUT2D eigenvalue weighted by Gasteiger charge is -2.13. The van der Waals surface area contributed by atoms with Crippen LogP contribution in [0.1, 0.15) is 16.8 Å². The highest BCUT2D eigenvalue weighted by molar-refractivity contribution is 5.97. The van der Waals surface area contributed by atoms with Crippen molar-refractivity contribution in [3.05, 3.63) is 23.8 Å². The SMILES string of the molecule is COc1ccc(C(=O)NC(CC(=O)O)C(=O)O)cc1OC. The number of benzene rings is 1. The second-order valence-electron chi connectivity index (χ2n) is 4.03. The molecule has 0 heterocycles. The van der Waals surface area contributed by atoms with E-state index in [1.165, 1.54) is 32.4 Å². The molecule has 0 bridgehead atoms. The van der Waals surface area contributed by atoms with Crippen molar-refractivity contribution >= 4 is 17.8 Å². The molecule has 0 saturated heterocycles. The maximum Gasteiger partial charge on any atom is 0.326 e. The summed E-state index contributed by atoms with van der Waals surface area (Å²) in [5.41, 5.74) is 0.129. The molecule has 8 heteroatoms. The molecule has 1 aromatic rings. The minimum absolute atomic E-state index is 0.129. The van der Waals surface area contributed by atoms with E-state index >= 15 is 0 Å². The second kappa shape index (κ2) is 7.13. The van der Waals surface area contributed by atoms with Gasteiger partial charge in [-0.3, -0.25) is 9.59 Å². The van der Waals surface area contributed by atoms with Crippen LogP contribution in [0, 0.1) is 0 Å². The van der Waals surface area contributed by atoms with Crippen molar-refractivity contribution in [2.45, 2.75) is 12.5 Å². The fourth-order valence-electron chi connectivity index (χ4n) is 1.59. The third-order valence-corrected chi connectivity index (χ3v) is 2.63. The van der Waals surface area contributed by atoms with Crippen molar-refractivity contribution in [1.29, 1.82) is 0 Å². The predicted molar refractivity (Wildman–Crippen MR) is 70.7 cm³/mol. The molecule has 3 N–H and O–H groups in total. The minimum atomic E-state index is -1.51. The van der Waals surface area contributed by atoms with Crippen molar-refractivity contribution in [3.63, 3.8) is 0 Å². The van der Waals surface area contributed by atoms with Crippen LogP contribution < -0.4 is 14.8 Å². The van der Waals surface area contributed by atoms with Gasteiger partial charge < -0.3 is 25.0 Å². The molecule has 0 aliphatic heterocycles. The monoisotopic (exact) mass is 297 g/mol. The van der Waals surface area contributed by atoms with Crippen LogP contribution >= 0.6 is 0 Å². The summed E-state index contributed by atoms with van der Waals surface area (Å²) in [6.07, 6.45) is -0.714. The van der Waals surface area contributed by atoms with Gasteiger partial charge in [-0.2, -0.15) is 0 Å². The van der Waals surface area contributed by atoms with E-state index in [4.69, 9.17) is 19.7 Å². The number of carboxylic acid groups (broad SMARTS) is 2. The largest absolute Gasteiger partial charge is 0.493 e.